The van der Waals surface area contributed by atoms with E-state index in [0.717, 1.165) is 17.7 Å². The number of hydrogen-bond donors (Lipinski definition) is 1. The fourth-order valence-corrected chi connectivity index (χ4v) is 5.92. The van der Waals surface area contributed by atoms with Crippen molar-refractivity contribution in [2.45, 2.75) is 72.4 Å². The molecule has 2 aliphatic rings. The molecule has 2 aliphatic heterocycles. The predicted octanol–water partition coefficient (Wildman–Crippen LogP) is 6.70. The van der Waals surface area contributed by atoms with E-state index in [-0.39, 0.29) is 11.4 Å². The smallest absolute Gasteiger partial charge is 0.264 e. The van der Waals surface area contributed by atoms with Crippen molar-refractivity contribution in [3.05, 3.63) is 63.6 Å². The summed E-state index contributed by atoms with van der Waals surface area (Å²) in [6.07, 6.45) is 3.09. The van der Waals surface area contributed by atoms with Gasteiger partial charge in [0.05, 0.1) is 10.6 Å². The first-order chi connectivity index (χ1) is 15.0. The van der Waals surface area contributed by atoms with Crippen LogP contribution < -0.4 is 10.2 Å². The number of benzene rings is 2. The largest absolute Gasteiger partial charge is 0.364 e. The second-order valence-corrected chi connectivity index (χ2v) is 11.0. The highest BCUT2D eigenvalue weighted by Crippen LogP contribution is 2.45. The molecule has 32 heavy (non-hydrogen) atoms. The van der Waals surface area contributed by atoms with E-state index in [1.165, 1.54) is 34.1 Å². The molecule has 0 saturated carbocycles. The van der Waals surface area contributed by atoms with Crippen LogP contribution in [-0.2, 0) is 4.79 Å². The van der Waals surface area contributed by atoms with E-state index in [9.17, 15) is 4.79 Å². The maximum atomic E-state index is 12.6. The first kappa shape index (κ1) is 22.7. The Labute approximate surface area is 196 Å². The van der Waals surface area contributed by atoms with Gasteiger partial charge in [-0.25, -0.2) is 4.99 Å². The third kappa shape index (κ3) is 4.36. The molecule has 1 N–H and O–H groups in total. The van der Waals surface area contributed by atoms with Crippen molar-refractivity contribution < 1.29 is 4.79 Å². The maximum Gasteiger partial charge on any atom is 0.264 e. The molecule has 1 atom stereocenters. The number of aryl methyl sites for hydroxylation is 2. The highest BCUT2D eigenvalue weighted by Gasteiger charge is 2.37. The monoisotopic (exact) mass is 447 g/mol. The minimum atomic E-state index is -0.0895. The summed E-state index contributed by atoms with van der Waals surface area (Å²) in [5.74, 6) is 0.383. The summed E-state index contributed by atoms with van der Waals surface area (Å²) >= 11 is 1.40. The predicted molar refractivity (Wildman–Crippen MR) is 138 cm³/mol. The van der Waals surface area contributed by atoms with E-state index >= 15 is 0 Å². The Morgan fingerprint density at radius 2 is 1.91 bits per heavy atom. The molecule has 0 bridgehead atoms. The molecule has 0 radical (unpaired) electrons. The summed E-state index contributed by atoms with van der Waals surface area (Å²) < 4.78 is 0. The highest BCUT2D eigenvalue weighted by molar-refractivity contribution is 8.18. The second-order valence-electron chi connectivity index (χ2n) is 9.95. The Balaban J connectivity index is 1.62. The molecule has 168 valence electrons. The number of amidine groups is 1. The summed E-state index contributed by atoms with van der Waals surface area (Å²) in [6.45, 7) is 15.6. The van der Waals surface area contributed by atoms with Gasteiger partial charge in [0.2, 0.25) is 0 Å². The minimum Gasteiger partial charge on any atom is -0.364 e. The van der Waals surface area contributed by atoms with Gasteiger partial charge in [-0.1, -0.05) is 19.1 Å². The lowest BCUT2D eigenvalue weighted by molar-refractivity contribution is -0.115. The number of nitrogens with zero attached hydrogens (tertiary/aromatic N) is 2. The zero-order valence-corrected chi connectivity index (χ0v) is 20.9. The molecule has 0 unspecified atom stereocenters. The Kier molecular flexibility index (Phi) is 5.97. The van der Waals surface area contributed by atoms with Crippen LogP contribution in [0, 0.1) is 13.8 Å². The number of thioether (sulfide) groups is 1. The summed E-state index contributed by atoms with van der Waals surface area (Å²) in [4.78, 5) is 20.4. The maximum absolute atomic E-state index is 12.6. The van der Waals surface area contributed by atoms with Gasteiger partial charge in [-0.15, -0.1) is 0 Å². The minimum absolute atomic E-state index is 0.0895. The Bertz CT molecular complexity index is 1130. The topological polar surface area (TPSA) is 44.7 Å². The molecule has 1 fully saturated rings. The SMILES string of the molecule is Cc1ccc(N=C2NC(=O)/C(=C/c3ccc4c(c3)[C@H](C)CC(C)(C)N4C(C)C)S2)cc1C. The fourth-order valence-electron chi connectivity index (χ4n) is 5.08. The number of carbonyl (C=O) groups excluding carboxylic acids is 1. The number of aliphatic imine (C=N–C) groups is 1. The molecule has 0 aromatic heterocycles. The van der Waals surface area contributed by atoms with Crippen molar-refractivity contribution in [3.8, 4) is 0 Å². The van der Waals surface area contributed by atoms with Crippen molar-refractivity contribution in [1.82, 2.24) is 5.32 Å². The Morgan fingerprint density at radius 3 is 2.59 bits per heavy atom. The van der Waals surface area contributed by atoms with Gasteiger partial charge in [-0.2, -0.15) is 0 Å². The molecule has 1 amide bonds. The van der Waals surface area contributed by atoms with Gasteiger partial charge in [0, 0.05) is 17.3 Å². The molecule has 0 spiro atoms. The molecule has 2 heterocycles. The van der Waals surface area contributed by atoms with Crippen LogP contribution in [0.25, 0.3) is 6.08 Å². The molecule has 2 aromatic carbocycles. The van der Waals surface area contributed by atoms with Crippen molar-refractivity contribution >= 4 is 40.3 Å². The average Bonchev–Trinajstić information content (AvgIpc) is 3.03. The zero-order valence-electron chi connectivity index (χ0n) is 20.1. The van der Waals surface area contributed by atoms with Gasteiger partial charge in [-0.3, -0.25) is 4.79 Å². The molecule has 5 heteroatoms. The average molecular weight is 448 g/mol. The summed E-state index contributed by atoms with van der Waals surface area (Å²) in [7, 11) is 0. The van der Waals surface area contributed by atoms with E-state index in [0.29, 0.717) is 22.0 Å². The van der Waals surface area contributed by atoms with Gasteiger partial charge in [0.1, 0.15) is 0 Å². The molecule has 2 aromatic rings. The van der Waals surface area contributed by atoms with Crippen LogP contribution in [0.1, 0.15) is 69.2 Å². The van der Waals surface area contributed by atoms with Crippen LogP contribution in [0.5, 0.6) is 0 Å². The van der Waals surface area contributed by atoms with Gasteiger partial charge < -0.3 is 10.2 Å². The van der Waals surface area contributed by atoms with Crippen molar-refractivity contribution in [1.29, 1.82) is 0 Å². The number of rotatable bonds is 3. The third-order valence-corrected chi connectivity index (χ3v) is 7.40. The number of amides is 1. The normalized spacial score (nSPS) is 22.6. The lowest BCUT2D eigenvalue weighted by atomic mass is 9.79. The van der Waals surface area contributed by atoms with E-state index < -0.39 is 0 Å². The standard InChI is InChI=1S/C27H33N3OS/c1-16(2)30-23-11-9-20(13-22(23)19(5)15-27(30,6)7)14-24-25(31)29-26(32-24)28-21-10-8-17(3)18(4)12-21/h8-14,16,19H,15H2,1-7H3,(H,28,29,31)/b24-14-/t19-/m1/s1. The van der Waals surface area contributed by atoms with Gasteiger partial charge in [0.25, 0.3) is 5.91 Å². The van der Waals surface area contributed by atoms with Crippen LogP contribution >= 0.6 is 11.8 Å². The van der Waals surface area contributed by atoms with E-state index in [2.05, 4.69) is 87.9 Å². The summed E-state index contributed by atoms with van der Waals surface area (Å²) in [5.41, 5.74) is 7.14. The van der Waals surface area contributed by atoms with Gasteiger partial charge in [0.15, 0.2) is 5.17 Å². The molecule has 4 rings (SSSR count). The van der Waals surface area contributed by atoms with Gasteiger partial charge in [-0.05, 0) is 118 Å². The molecule has 0 aliphatic carbocycles. The van der Waals surface area contributed by atoms with Crippen LogP contribution in [0.3, 0.4) is 0 Å². The van der Waals surface area contributed by atoms with E-state index in [4.69, 9.17) is 0 Å². The number of carbonyl (C=O) groups is 1. The van der Waals surface area contributed by atoms with Gasteiger partial charge >= 0.3 is 0 Å². The van der Waals surface area contributed by atoms with Crippen LogP contribution in [0.2, 0.25) is 0 Å². The second kappa shape index (κ2) is 8.43. The lowest BCUT2D eigenvalue weighted by Gasteiger charge is -2.50. The Hall–Kier alpha value is -2.53. The highest BCUT2D eigenvalue weighted by atomic mass is 32.2. The summed E-state index contributed by atoms with van der Waals surface area (Å²) in [5, 5.41) is 3.54. The molecular weight excluding hydrogens is 414 g/mol. The van der Waals surface area contributed by atoms with Crippen LogP contribution in [-0.4, -0.2) is 22.7 Å². The van der Waals surface area contributed by atoms with Crippen molar-refractivity contribution in [3.63, 3.8) is 0 Å². The first-order valence-corrected chi connectivity index (χ1v) is 12.2. The van der Waals surface area contributed by atoms with Crippen LogP contribution in [0.4, 0.5) is 11.4 Å². The van der Waals surface area contributed by atoms with Crippen molar-refractivity contribution in [2.24, 2.45) is 4.99 Å². The van der Waals surface area contributed by atoms with E-state index in [1.54, 1.807) is 0 Å². The van der Waals surface area contributed by atoms with E-state index in [1.807, 2.05) is 18.2 Å². The number of fused-ring (bicyclic) bond motifs is 1. The number of anilines is 1. The molecule has 4 nitrogen and oxygen atoms in total. The fraction of sp³-hybridized carbons (Fsp3) is 0.407. The quantitative estimate of drug-likeness (QED) is 0.533. The molecular formula is C27H33N3OS. The zero-order chi connectivity index (χ0) is 23.2. The summed E-state index contributed by atoms with van der Waals surface area (Å²) in [6, 6.07) is 13.1. The van der Waals surface area contributed by atoms with Crippen molar-refractivity contribution in [2.75, 3.05) is 4.90 Å². The number of hydrogen-bond acceptors (Lipinski definition) is 4. The number of nitrogens with one attached hydrogen (secondary N) is 1. The molecule has 1 saturated heterocycles. The van der Waals surface area contributed by atoms with Crippen LogP contribution in [0.15, 0.2) is 46.3 Å². The first-order valence-electron chi connectivity index (χ1n) is 11.4. The third-order valence-electron chi connectivity index (χ3n) is 6.49. The lowest BCUT2D eigenvalue weighted by Crippen LogP contribution is -2.51. The Morgan fingerprint density at radius 1 is 1.16 bits per heavy atom.